The van der Waals surface area contributed by atoms with Crippen molar-refractivity contribution in [2.24, 2.45) is 0 Å². The van der Waals surface area contributed by atoms with E-state index in [1.165, 1.54) is 0 Å². The lowest BCUT2D eigenvalue weighted by Gasteiger charge is -2.16. The Bertz CT molecular complexity index is 422. The van der Waals surface area contributed by atoms with Crippen molar-refractivity contribution < 1.29 is 26.7 Å². The molecule has 0 atom stereocenters. The molecule has 0 heterocycles. The smallest absolute Gasteiger partial charge is 0.300 e. The second kappa shape index (κ2) is 4.81. The van der Waals surface area contributed by atoms with Gasteiger partial charge in [0.2, 0.25) is 0 Å². The number of hydrogen-bond donors (Lipinski definition) is 0. The zero-order valence-electron chi connectivity index (χ0n) is 8.81. The first-order valence-electron chi connectivity index (χ1n) is 4.70. The molecule has 0 unspecified atom stereocenters. The van der Waals surface area contributed by atoms with E-state index < -0.39 is 41.5 Å². The largest absolute Gasteiger partial charge is 0.417 e. The van der Waals surface area contributed by atoms with Crippen LogP contribution in [0.1, 0.15) is 30.0 Å². The molecule has 0 amide bonds. The molecule has 94 valence electrons. The van der Waals surface area contributed by atoms with Crippen LogP contribution in [0.4, 0.5) is 22.0 Å². The molecule has 0 bridgehead atoms. The Kier molecular flexibility index (Phi) is 3.85. The van der Waals surface area contributed by atoms with Gasteiger partial charge in [0, 0.05) is 12.0 Å². The Balaban J connectivity index is 3.40. The van der Waals surface area contributed by atoms with Gasteiger partial charge < -0.3 is 0 Å². The number of carbonyl (C=O) groups excluding carboxylic acids is 1. The van der Waals surface area contributed by atoms with Gasteiger partial charge in [-0.2, -0.15) is 13.2 Å². The monoisotopic (exact) mass is 252 g/mol. The summed E-state index contributed by atoms with van der Waals surface area (Å²) in [5, 5.41) is 0. The van der Waals surface area contributed by atoms with Crippen molar-refractivity contribution >= 4 is 5.78 Å². The van der Waals surface area contributed by atoms with E-state index in [-0.39, 0.29) is 0 Å². The zero-order chi connectivity index (χ0) is 13.2. The molecule has 0 aliphatic heterocycles. The minimum absolute atomic E-state index is 0.414. The van der Waals surface area contributed by atoms with E-state index in [1.54, 1.807) is 0 Å². The van der Waals surface area contributed by atoms with E-state index in [9.17, 15) is 26.7 Å². The third kappa shape index (κ3) is 3.25. The van der Waals surface area contributed by atoms with Crippen molar-refractivity contribution in [1.82, 2.24) is 0 Å². The number of halogens is 5. The maximum atomic E-state index is 12.7. The highest BCUT2D eigenvalue weighted by molar-refractivity contribution is 5.78. The normalized spacial score (nSPS) is 11.9. The molecule has 1 aromatic carbocycles. The van der Waals surface area contributed by atoms with Gasteiger partial charge in [-0.25, -0.2) is 8.78 Å². The summed E-state index contributed by atoms with van der Waals surface area (Å²) in [4.78, 5) is 10.8. The first-order valence-corrected chi connectivity index (χ1v) is 4.70. The summed E-state index contributed by atoms with van der Waals surface area (Å²) in [6.45, 7) is 1.11. The van der Waals surface area contributed by atoms with Crippen LogP contribution in [0.2, 0.25) is 0 Å². The first-order chi connectivity index (χ1) is 7.73. The molecule has 1 rings (SSSR count). The lowest BCUT2D eigenvalue weighted by Crippen LogP contribution is -2.15. The highest BCUT2D eigenvalue weighted by atomic mass is 19.4. The molecule has 0 aromatic heterocycles. The average molecular weight is 252 g/mol. The molecule has 0 saturated heterocycles. The predicted molar refractivity (Wildman–Crippen MR) is 50.8 cm³/mol. The van der Waals surface area contributed by atoms with Crippen molar-refractivity contribution in [1.29, 1.82) is 0 Å². The minimum atomic E-state index is -4.89. The van der Waals surface area contributed by atoms with E-state index in [0.29, 0.717) is 0 Å². The molecule has 1 nitrogen and oxygen atoms in total. The van der Waals surface area contributed by atoms with Crippen LogP contribution in [0.5, 0.6) is 0 Å². The van der Waals surface area contributed by atoms with Crippen LogP contribution in [0.3, 0.4) is 0 Å². The van der Waals surface area contributed by atoms with Crippen molar-refractivity contribution in [2.45, 2.75) is 25.9 Å². The molecular weight excluding hydrogens is 243 g/mol. The molecule has 0 fully saturated rings. The zero-order valence-corrected chi connectivity index (χ0v) is 8.81. The molecule has 0 aliphatic carbocycles. The molecule has 0 saturated carbocycles. The summed E-state index contributed by atoms with van der Waals surface area (Å²) in [7, 11) is 0. The van der Waals surface area contributed by atoms with Gasteiger partial charge in [-0.1, -0.05) is 18.2 Å². The van der Waals surface area contributed by atoms with E-state index >= 15 is 0 Å². The SMILES string of the molecule is CC(=O)Cc1cccc(C(F)F)c1C(F)(F)F. The fourth-order valence-corrected chi connectivity index (χ4v) is 1.56. The Morgan fingerprint density at radius 2 is 1.88 bits per heavy atom. The number of carbonyl (C=O) groups is 1. The van der Waals surface area contributed by atoms with E-state index in [0.717, 1.165) is 25.1 Å². The summed E-state index contributed by atoms with van der Waals surface area (Å²) in [5.41, 5.74) is -2.90. The quantitative estimate of drug-likeness (QED) is 0.748. The summed E-state index contributed by atoms with van der Waals surface area (Å²) in [6, 6.07) is 2.85. The maximum Gasteiger partial charge on any atom is 0.417 e. The predicted octanol–water partition coefficient (Wildman–Crippen LogP) is 3.77. The van der Waals surface area contributed by atoms with E-state index in [1.807, 2.05) is 0 Å². The highest BCUT2D eigenvalue weighted by Gasteiger charge is 2.38. The summed E-state index contributed by atoms with van der Waals surface area (Å²) >= 11 is 0. The van der Waals surface area contributed by atoms with Crippen LogP contribution in [0, 0.1) is 0 Å². The maximum absolute atomic E-state index is 12.7. The average Bonchev–Trinajstić information content (AvgIpc) is 2.14. The number of Topliss-reactive ketones (excluding diaryl/α,β-unsaturated/α-hetero) is 1. The van der Waals surface area contributed by atoms with Gasteiger partial charge >= 0.3 is 6.18 Å². The Hall–Kier alpha value is -1.46. The molecule has 0 aliphatic rings. The van der Waals surface area contributed by atoms with Crippen LogP contribution in [0.25, 0.3) is 0 Å². The van der Waals surface area contributed by atoms with Gasteiger partial charge in [0.1, 0.15) is 5.78 Å². The van der Waals surface area contributed by atoms with Gasteiger partial charge in [0.15, 0.2) is 0 Å². The third-order valence-electron chi connectivity index (χ3n) is 2.14. The topological polar surface area (TPSA) is 17.1 Å². The van der Waals surface area contributed by atoms with Crippen molar-refractivity contribution in [3.63, 3.8) is 0 Å². The summed E-state index contributed by atoms with van der Waals surface area (Å²) < 4.78 is 63.0. The number of rotatable bonds is 3. The van der Waals surface area contributed by atoms with Gasteiger partial charge in [-0.05, 0) is 12.5 Å². The van der Waals surface area contributed by atoms with Crippen molar-refractivity contribution in [2.75, 3.05) is 0 Å². The van der Waals surface area contributed by atoms with Gasteiger partial charge in [-0.3, -0.25) is 4.79 Å². The van der Waals surface area contributed by atoms with Crippen LogP contribution in [0.15, 0.2) is 18.2 Å². The Labute approximate surface area is 94.2 Å². The Morgan fingerprint density at radius 1 is 1.29 bits per heavy atom. The second-order valence-electron chi connectivity index (χ2n) is 3.56. The lowest BCUT2D eigenvalue weighted by atomic mass is 9.97. The number of alkyl halides is 5. The summed E-state index contributed by atoms with van der Waals surface area (Å²) in [5.74, 6) is -0.512. The van der Waals surface area contributed by atoms with Crippen LogP contribution in [-0.4, -0.2) is 5.78 Å². The van der Waals surface area contributed by atoms with Crippen LogP contribution in [-0.2, 0) is 17.4 Å². The number of hydrogen-bond acceptors (Lipinski definition) is 1. The van der Waals surface area contributed by atoms with Crippen molar-refractivity contribution in [3.8, 4) is 0 Å². The summed E-state index contributed by atoms with van der Waals surface area (Å²) in [6.07, 6.45) is -8.62. The fourth-order valence-electron chi connectivity index (χ4n) is 1.56. The van der Waals surface area contributed by atoms with Crippen LogP contribution >= 0.6 is 0 Å². The van der Waals surface area contributed by atoms with E-state index in [2.05, 4.69) is 0 Å². The van der Waals surface area contributed by atoms with E-state index in [4.69, 9.17) is 0 Å². The lowest BCUT2D eigenvalue weighted by molar-refractivity contribution is -0.140. The number of benzene rings is 1. The molecular formula is C11H9F5O. The minimum Gasteiger partial charge on any atom is -0.300 e. The molecule has 0 spiro atoms. The van der Waals surface area contributed by atoms with Gasteiger partial charge in [0.25, 0.3) is 6.43 Å². The standard InChI is InChI=1S/C11H9F5O/c1-6(17)5-7-3-2-4-8(10(12)13)9(7)11(14,15)16/h2-4,10H,5H2,1H3. The highest BCUT2D eigenvalue weighted by Crippen LogP contribution is 2.38. The molecule has 0 N–H and O–H groups in total. The molecule has 17 heavy (non-hydrogen) atoms. The first kappa shape index (κ1) is 13.6. The Morgan fingerprint density at radius 3 is 2.29 bits per heavy atom. The van der Waals surface area contributed by atoms with Crippen LogP contribution < -0.4 is 0 Å². The second-order valence-corrected chi connectivity index (χ2v) is 3.56. The molecule has 6 heteroatoms. The third-order valence-corrected chi connectivity index (χ3v) is 2.14. The molecule has 0 radical (unpaired) electrons. The number of ketones is 1. The molecule has 1 aromatic rings. The van der Waals surface area contributed by atoms with Gasteiger partial charge in [0.05, 0.1) is 5.56 Å². The van der Waals surface area contributed by atoms with Crippen molar-refractivity contribution in [3.05, 3.63) is 34.9 Å². The fraction of sp³-hybridized carbons (Fsp3) is 0.364. The van der Waals surface area contributed by atoms with Gasteiger partial charge in [-0.15, -0.1) is 0 Å².